The maximum atomic E-state index is 10.4. The van der Waals surface area contributed by atoms with E-state index in [0.29, 0.717) is 0 Å². The molecule has 2 aliphatic rings. The van der Waals surface area contributed by atoms with Crippen LogP contribution in [0, 0.1) is 0 Å². The van der Waals surface area contributed by atoms with Crippen LogP contribution in [0.2, 0.25) is 0 Å². The predicted octanol–water partition coefficient (Wildman–Crippen LogP) is 2.13. The maximum Gasteiger partial charge on any atom is 0.170 e. The first-order valence-corrected chi connectivity index (χ1v) is 8.04. The number of ether oxygens (including phenoxy) is 2. The van der Waals surface area contributed by atoms with Crippen molar-refractivity contribution in [3.8, 4) is 0 Å². The van der Waals surface area contributed by atoms with Crippen molar-refractivity contribution in [2.24, 2.45) is 20.5 Å². The Labute approximate surface area is 156 Å². The standard InChI is InChI=1S/C12H16N12O4/c13-21-17-4-5-1-2-6(18-22-14)12(27-5)28-11-8(20-24-16)3-7(19-23-15)9(25)10(11)26/h1-2,5-12,25-26H,3-4H2/t5?,6?,7-,8?,9?,10+,11+,12+/m0/s1. The molecular formula is C12H16N12O4. The van der Waals surface area contributed by atoms with E-state index in [1.807, 2.05) is 0 Å². The number of nitrogens with zero attached hydrogens (tertiary/aromatic N) is 12. The molecule has 0 bridgehead atoms. The lowest BCUT2D eigenvalue weighted by Gasteiger charge is -2.42. The van der Waals surface area contributed by atoms with Gasteiger partial charge < -0.3 is 19.7 Å². The summed E-state index contributed by atoms with van der Waals surface area (Å²) in [5.41, 5.74) is 34.5. The van der Waals surface area contributed by atoms with Crippen molar-refractivity contribution < 1.29 is 19.7 Å². The van der Waals surface area contributed by atoms with Crippen LogP contribution in [0.4, 0.5) is 0 Å². The van der Waals surface area contributed by atoms with E-state index in [2.05, 4.69) is 40.1 Å². The number of azide groups is 4. The van der Waals surface area contributed by atoms with Crippen LogP contribution in [0.1, 0.15) is 6.42 Å². The monoisotopic (exact) mass is 392 g/mol. The first-order valence-electron chi connectivity index (χ1n) is 8.04. The number of rotatable bonds is 7. The lowest BCUT2D eigenvalue weighted by atomic mass is 9.84. The molecule has 0 radical (unpaired) electrons. The van der Waals surface area contributed by atoms with Crippen LogP contribution in [0.15, 0.2) is 32.6 Å². The van der Waals surface area contributed by atoms with E-state index in [1.165, 1.54) is 12.2 Å². The van der Waals surface area contributed by atoms with Crippen molar-refractivity contribution in [3.05, 3.63) is 53.9 Å². The molecule has 0 amide bonds. The highest BCUT2D eigenvalue weighted by molar-refractivity contribution is 5.06. The van der Waals surface area contributed by atoms with E-state index in [9.17, 15) is 10.2 Å². The van der Waals surface area contributed by atoms with Gasteiger partial charge in [0.05, 0.1) is 36.9 Å². The molecule has 0 saturated heterocycles. The number of hydrogen-bond acceptors (Lipinski definition) is 8. The summed E-state index contributed by atoms with van der Waals surface area (Å²) in [6.07, 6.45) is -3.22. The summed E-state index contributed by atoms with van der Waals surface area (Å²) in [5, 5.41) is 34.4. The van der Waals surface area contributed by atoms with E-state index >= 15 is 0 Å². The fourth-order valence-electron chi connectivity index (χ4n) is 2.97. The van der Waals surface area contributed by atoms with E-state index < -0.39 is 48.8 Å². The van der Waals surface area contributed by atoms with Crippen molar-refractivity contribution in [3.63, 3.8) is 0 Å². The topological polar surface area (TPSA) is 254 Å². The van der Waals surface area contributed by atoms with Crippen molar-refractivity contribution >= 4 is 0 Å². The Kier molecular flexibility index (Phi) is 7.72. The SMILES string of the molecule is [N-]=[N+]=NCC1C=CC(N=[N+]=[N-])[C@@H](O[C@@H]2C(N=[N+]=[N-])C[C@H](N=[N+]=[N-])C(O)[C@H]2O)O1. The Balaban J connectivity index is 2.25. The van der Waals surface area contributed by atoms with Gasteiger partial charge >= 0.3 is 0 Å². The van der Waals surface area contributed by atoms with Gasteiger partial charge in [-0.05, 0) is 28.5 Å². The van der Waals surface area contributed by atoms with E-state index in [0.717, 1.165) is 0 Å². The lowest BCUT2D eigenvalue weighted by Crippen LogP contribution is -2.57. The van der Waals surface area contributed by atoms with Gasteiger partial charge in [-0.25, -0.2) is 0 Å². The van der Waals surface area contributed by atoms with Crippen LogP contribution in [0.3, 0.4) is 0 Å². The molecule has 1 saturated carbocycles. The third-order valence-corrected chi connectivity index (χ3v) is 4.25. The molecule has 1 fully saturated rings. The number of hydrogen-bond donors (Lipinski definition) is 2. The molecule has 16 heteroatoms. The molecule has 28 heavy (non-hydrogen) atoms. The number of aliphatic hydroxyl groups excluding tert-OH is 2. The Morgan fingerprint density at radius 1 is 0.929 bits per heavy atom. The normalized spacial score (nSPS) is 36.8. The van der Waals surface area contributed by atoms with Crippen molar-refractivity contribution in [2.75, 3.05) is 6.54 Å². The van der Waals surface area contributed by atoms with Gasteiger partial charge in [-0.2, -0.15) is 0 Å². The molecule has 0 spiro atoms. The summed E-state index contributed by atoms with van der Waals surface area (Å²) in [5.74, 6) is 0. The zero-order chi connectivity index (χ0) is 20.5. The average molecular weight is 392 g/mol. The molecule has 0 aromatic rings. The molecule has 0 aromatic carbocycles. The average Bonchev–Trinajstić information content (AvgIpc) is 2.69. The van der Waals surface area contributed by atoms with E-state index in [1.54, 1.807) is 0 Å². The minimum absolute atomic E-state index is 0.0512. The Bertz CT molecular complexity index is 779. The maximum absolute atomic E-state index is 10.4. The molecule has 4 unspecified atom stereocenters. The zero-order valence-corrected chi connectivity index (χ0v) is 14.3. The molecule has 148 valence electrons. The summed E-state index contributed by atoms with van der Waals surface area (Å²) in [7, 11) is 0. The van der Waals surface area contributed by atoms with Gasteiger partial charge in [0.2, 0.25) is 0 Å². The van der Waals surface area contributed by atoms with Crippen LogP contribution >= 0.6 is 0 Å². The van der Waals surface area contributed by atoms with Crippen molar-refractivity contribution in [1.82, 2.24) is 0 Å². The largest absolute Gasteiger partial charge is 0.390 e. The van der Waals surface area contributed by atoms with Gasteiger partial charge in [0.1, 0.15) is 12.1 Å². The third kappa shape index (κ3) is 4.96. The molecule has 2 N–H and O–H groups in total. The first-order chi connectivity index (χ1) is 13.5. The highest BCUT2D eigenvalue weighted by Gasteiger charge is 2.45. The van der Waals surface area contributed by atoms with Crippen LogP contribution < -0.4 is 0 Å². The van der Waals surface area contributed by atoms with E-state index in [4.69, 9.17) is 31.6 Å². The van der Waals surface area contributed by atoms with Crippen molar-refractivity contribution in [2.45, 2.75) is 55.3 Å². The highest BCUT2D eigenvalue weighted by Crippen LogP contribution is 2.31. The summed E-state index contributed by atoms with van der Waals surface area (Å²) < 4.78 is 11.3. The quantitative estimate of drug-likeness (QED) is 0.285. The predicted molar refractivity (Wildman–Crippen MR) is 92.1 cm³/mol. The second kappa shape index (κ2) is 10.2. The van der Waals surface area contributed by atoms with Gasteiger partial charge in [0.15, 0.2) is 6.29 Å². The molecule has 0 aromatic heterocycles. The van der Waals surface area contributed by atoms with E-state index in [-0.39, 0.29) is 13.0 Å². The Hall–Kier alpha value is -3.18. The molecular weight excluding hydrogens is 376 g/mol. The van der Waals surface area contributed by atoms with Crippen LogP contribution in [0.5, 0.6) is 0 Å². The molecule has 2 rings (SSSR count). The van der Waals surface area contributed by atoms with Crippen LogP contribution in [0.25, 0.3) is 41.8 Å². The van der Waals surface area contributed by atoms with Gasteiger partial charge in [-0.1, -0.05) is 32.6 Å². The minimum atomic E-state index is -1.57. The second-order valence-corrected chi connectivity index (χ2v) is 5.90. The Morgan fingerprint density at radius 2 is 1.61 bits per heavy atom. The number of aliphatic hydroxyl groups is 2. The van der Waals surface area contributed by atoms with Crippen LogP contribution in [-0.2, 0) is 9.47 Å². The molecule has 1 aliphatic carbocycles. The van der Waals surface area contributed by atoms with Crippen LogP contribution in [-0.4, -0.2) is 65.6 Å². The summed E-state index contributed by atoms with van der Waals surface area (Å²) in [6, 6.07) is -2.93. The van der Waals surface area contributed by atoms with Gasteiger partial charge in [-0.3, -0.25) is 0 Å². The highest BCUT2D eigenvalue weighted by atomic mass is 16.7. The smallest absolute Gasteiger partial charge is 0.170 e. The fraction of sp³-hybridized carbons (Fsp3) is 0.833. The summed E-state index contributed by atoms with van der Waals surface area (Å²) in [4.78, 5) is 10.6. The molecule has 1 heterocycles. The molecule has 16 nitrogen and oxygen atoms in total. The first kappa shape index (κ1) is 21.1. The molecule has 1 aliphatic heterocycles. The Morgan fingerprint density at radius 3 is 2.25 bits per heavy atom. The zero-order valence-electron chi connectivity index (χ0n) is 14.3. The van der Waals surface area contributed by atoms with Gasteiger partial charge in [0, 0.05) is 19.6 Å². The van der Waals surface area contributed by atoms with Gasteiger partial charge in [0.25, 0.3) is 0 Å². The second-order valence-electron chi connectivity index (χ2n) is 5.90. The summed E-state index contributed by atoms with van der Waals surface area (Å²) >= 11 is 0. The third-order valence-electron chi connectivity index (χ3n) is 4.25. The van der Waals surface area contributed by atoms with Crippen molar-refractivity contribution in [1.29, 1.82) is 0 Å². The van der Waals surface area contributed by atoms with Gasteiger partial charge in [-0.15, -0.1) is 0 Å². The fourth-order valence-corrected chi connectivity index (χ4v) is 2.97. The molecule has 8 atom stereocenters. The summed E-state index contributed by atoms with van der Waals surface area (Å²) in [6.45, 7) is -0.0512. The lowest BCUT2D eigenvalue weighted by molar-refractivity contribution is -0.233. The minimum Gasteiger partial charge on any atom is -0.390 e.